The van der Waals surface area contributed by atoms with Gasteiger partial charge in [0.2, 0.25) is 0 Å². The third kappa shape index (κ3) is 2.06. The molecule has 0 aromatic rings. The van der Waals surface area contributed by atoms with Crippen molar-refractivity contribution in [2.75, 3.05) is 0 Å². The average molecular weight is 286 g/mol. The number of rotatable bonds is 0. The lowest BCUT2D eigenvalue weighted by Gasteiger charge is -2.59. The number of hydrogen-bond donors (Lipinski definition) is 0. The van der Waals surface area contributed by atoms with E-state index >= 15 is 0 Å². The predicted molar refractivity (Wildman–Crippen MR) is 85.9 cm³/mol. The van der Waals surface area contributed by atoms with Crippen molar-refractivity contribution >= 4 is 5.78 Å². The predicted octanol–water partition coefficient (Wildman–Crippen LogP) is 5.15. The fraction of sp³-hybridized carbons (Fsp3) is 0.850. The van der Waals surface area contributed by atoms with Gasteiger partial charge in [-0.1, -0.05) is 32.3 Å². The van der Waals surface area contributed by atoms with E-state index in [4.69, 9.17) is 0 Å². The van der Waals surface area contributed by atoms with Crippen molar-refractivity contribution in [3.8, 4) is 0 Å². The SMILES string of the molecule is CC1CCCC2C3CCC4=CC(=O)CCC4C3CCC12C. The van der Waals surface area contributed by atoms with E-state index in [1.165, 1.54) is 50.5 Å². The molecule has 0 aromatic heterocycles. The molecule has 21 heavy (non-hydrogen) atoms. The van der Waals surface area contributed by atoms with Gasteiger partial charge < -0.3 is 0 Å². The van der Waals surface area contributed by atoms with Gasteiger partial charge in [0, 0.05) is 6.42 Å². The maximum absolute atomic E-state index is 11.7. The summed E-state index contributed by atoms with van der Waals surface area (Å²) in [7, 11) is 0. The Labute approximate surface area is 129 Å². The summed E-state index contributed by atoms with van der Waals surface area (Å²) in [6.07, 6.45) is 13.8. The monoisotopic (exact) mass is 286 g/mol. The highest BCUT2D eigenvalue weighted by Crippen LogP contribution is 2.61. The first-order valence-electron chi connectivity index (χ1n) is 9.33. The largest absolute Gasteiger partial charge is 0.295 e. The number of carbonyl (C=O) groups excluding carboxylic acids is 1. The van der Waals surface area contributed by atoms with Crippen molar-refractivity contribution < 1.29 is 4.79 Å². The number of carbonyl (C=O) groups is 1. The summed E-state index contributed by atoms with van der Waals surface area (Å²) in [5.74, 6) is 4.92. The highest BCUT2D eigenvalue weighted by atomic mass is 16.1. The lowest BCUT2D eigenvalue weighted by atomic mass is 9.46. The third-order valence-electron chi connectivity index (χ3n) is 8.02. The summed E-state index contributed by atoms with van der Waals surface area (Å²) >= 11 is 0. The maximum atomic E-state index is 11.7. The Hall–Kier alpha value is -0.590. The molecule has 1 heteroatoms. The van der Waals surface area contributed by atoms with Crippen LogP contribution in [0.1, 0.15) is 71.6 Å². The molecule has 0 radical (unpaired) electrons. The normalized spacial score (nSPS) is 49.7. The van der Waals surface area contributed by atoms with Crippen LogP contribution in [-0.2, 0) is 4.79 Å². The van der Waals surface area contributed by atoms with Gasteiger partial charge in [-0.2, -0.15) is 0 Å². The molecule has 0 N–H and O–H groups in total. The second kappa shape index (κ2) is 4.96. The van der Waals surface area contributed by atoms with Gasteiger partial charge in [0.05, 0.1) is 0 Å². The molecule has 6 unspecified atom stereocenters. The first-order chi connectivity index (χ1) is 10.1. The molecule has 0 heterocycles. The Kier molecular flexibility index (Phi) is 3.32. The zero-order valence-corrected chi connectivity index (χ0v) is 13.7. The molecule has 6 atom stereocenters. The summed E-state index contributed by atoms with van der Waals surface area (Å²) in [4.78, 5) is 11.7. The van der Waals surface area contributed by atoms with Crippen LogP contribution in [0, 0.1) is 35.0 Å². The van der Waals surface area contributed by atoms with E-state index in [-0.39, 0.29) is 0 Å². The van der Waals surface area contributed by atoms with Gasteiger partial charge in [0.15, 0.2) is 5.78 Å². The fourth-order valence-electron chi connectivity index (χ4n) is 6.66. The lowest BCUT2D eigenvalue weighted by Crippen LogP contribution is -2.50. The van der Waals surface area contributed by atoms with Crippen LogP contribution in [0.4, 0.5) is 0 Å². The summed E-state index contributed by atoms with van der Waals surface area (Å²) in [6, 6.07) is 0. The van der Waals surface area contributed by atoms with E-state index in [1.54, 1.807) is 0 Å². The quantitative estimate of drug-likeness (QED) is 0.601. The minimum absolute atomic E-state index is 0.395. The highest BCUT2D eigenvalue weighted by molar-refractivity contribution is 5.91. The van der Waals surface area contributed by atoms with Crippen molar-refractivity contribution in [3.05, 3.63) is 11.6 Å². The molecular weight excluding hydrogens is 256 g/mol. The second-order valence-electron chi connectivity index (χ2n) is 8.68. The van der Waals surface area contributed by atoms with E-state index in [0.29, 0.717) is 11.2 Å². The molecule has 0 bridgehead atoms. The molecule has 0 aliphatic heterocycles. The van der Waals surface area contributed by atoms with E-state index < -0.39 is 0 Å². The van der Waals surface area contributed by atoms with Crippen LogP contribution < -0.4 is 0 Å². The zero-order chi connectivity index (χ0) is 14.6. The van der Waals surface area contributed by atoms with Gasteiger partial charge in [-0.25, -0.2) is 0 Å². The first-order valence-corrected chi connectivity index (χ1v) is 9.33. The summed E-state index contributed by atoms with van der Waals surface area (Å²) in [6.45, 7) is 5.12. The molecule has 1 nitrogen and oxygen atoms in total. The topological polar surface area (TPSA) is 17.1 Å². The van der Waals surface area contributed by atoms with Crippen molar-refractivity contribution in [1.29, 1.82) is 0 Å². The summed E-state index contributed by atoms with van der Waals surface area (Å²) in [5.41, 5.74) is 2.14. The Bertz CT molecular complexity index is 476. The van der Waals surface area contributed by atoms with Gasteiger partial charge >= 0.3 is 0 Å². The van der Waals surface area contributed by atoms with Crippen molar-refractivity contribution in [2.24, 2.45) is 35.0 Å². The highest BCUT2D eigenvalue weighted by Gasteiger charge is 2.53. The van der Waals surface area contributed by atoms with Crippen LogP contribution in [0.3, 0.4) is 0 Å². The molecule has 0 saturated heterocycles. The molecule has 4 aliphatic carbocycles. The van der Waals surface area contributed by atoms with E-state index in [9.17, 15) is 4.79 Å². The Morgan fingerprint density at radius 3 is 2.76 bits per heavy atom. The summed E-state index contributed by atoms with van der Waals surface area (Å²) < 4.78 is 0. The van der Waals surface area contributed by atoms with Crippen molar-refractivity contribution in [3.63, 3.8) is 0 Å². The van der Waals surface area contributed by atoms with Crippen LogP contribution >= 0.6 is 0 Å². The van der Waals surface area contributed by atoms with Crippen LogP contribution in [0.5, 0.6) is 0 Å². The summed E-state index contributed by atoms with van der Waals surface area (Å²) in [5, 5.41) is 0. The van der Waals surface area contributed by atoms with Gasteiger partial charge in [-0.05, 0) is 79.6 Å². The molecular formula is C20H30O. The third-order valence-corrected chi connectivity index (χ3v) is 8.02. The number of fused-ring (bicyclic) bond motifs is 5. The fourth-order valence-corrected chi connectivity index (χ4v) is 6.66. The van der Waals surface area contributed by atoms with Crippen LogP contribution in [-0.4, -0.2) is 5.78 Å². The van der Waals surface area contributed by atoms with E-state index in [0.717, 1.165) is 42.4 Å². The van der Waals surface area contributed by atoms with Crippen LogP contribution in [0.2, 0.25) is 0 Å². The second-order valence-corrected chi connectivity index (χ2v) is 8.68. The standard InChI is InChI=1S/C20H30O/c1-13-4-3-5-19-18-8-6-14-12-15(21)7-9-16(14)17(18)10-11-20(13,19)2/h12-13,16-19H,3-11H2,1-2H3. The van der Waals surface area contributed by atoms with Gasteiger partial charge in [0.25, 0.3) is 0 Å². The number of hydrogen-bond acceptors (Lipinski definition) is 1. The molecule has 4 aliphatic rings. The molecule has 4 rings (SSSR count). The molecule has 3 saturated carbocycles. The Morgan fingerprint density at radius 2 is 1.90 bits per heavy atom. The number of allylic oxidation sites excluding steroid dienone is 2. The van der Waals surface area contributed by atoms with Crippen LogP contribution in [0.15, 0.2) is 11.6 Å². The number of ketones is 1. The van der Waals surface area contributed by atoms with E-state index in [2.05, 4.69) is 13.8 Å². The zero-order valence-electron chi connectivity index (χ0n) is 13.7. The molecule has 0 spiro atoms. The molecule has 0 aromatic carbocycles. The van der Waals surface area contributed by atoms with Gasteiger partial charge in [0.1, 0.15) is 0 Å². The maximum Gasteiger partial charge on any atom is 0.155 e. The van der Waals surface area contributed by atoms with Gasteiger partial charge in [-0.15, -0.1) is 0 Å². The van der Waals surface area contributed by atoms with Gasteiger partial charge in [-0.3, -0.25) is 4.79 Å². The van der Waals surface area contributed by atoms with Crippen molar-refractivity contribution in [2.45, 2.75) is 71.6 Å². The lowest BCUT2D eigenvalue weighted by molar-refractivity contribution is -0.116. The smallest absolute Gasteiger partial charge is 0.155 e. The minimum Gasteiger partial charge on any atom is -0.295 e. The molecule has 116 valence electrons. The van der Waals surface area contributed by atoms with Crippen molar-refractivity contribution in [1.82, 2.24) is 0 Å². The average Bonchev–Trinajstić information content (AvgIpc) is 2.48. The Morgan fingerprint density at radius 1 is 1.05 bits per heavy atom. The minimum atomic E-state index is 0.395. The molecule has 0 amide bonds. The van der Waals surface area contributed by atoms with E-state index in [1.807, 2.05) is 6.08 Å². The molecule has 3 fully saturated rings. The first kappa shape index (κ1) is 14.0. The Balaban J connectivity index is 1.63. The van der Waals surface area contributed by atoms with Crippen LogP contribution in [0.25, 0.3) is 0 Å².